The fourth-order valence-electron chi connectivity index (χ4n) is 3.90. The summed E-state index contributed by atoms with van der Waals surface area (Å²) >= 11 is 9.21. The summed E-state index contributed by atoms with van der Waals surface area (Å²) in [5.74, 6) is 0.441. The molecule has 0 saturated carbocycles. The summed E-state index contributed by atoms with van der Waals surface area (Å²) in [5, 5.41) is 2.86. The molecule has 0 bridgehead atoms. The number of carbonyl (C=O) groups excluding carboxylic acids is 1. The van der Waals surface area contributed by atoms with Gasteiger partial charge in [-0.15, -0.1) is 0 Å². The van der Waals surface area contributed by atoms with Crippen LogP contribution in [0.2, 0.25) is 0 Å². The van der Waals surface area contributed by atoms with Crippen LogP contribution in [0.4, 0.5) is 5.69 Å². The number of ether oxygens (including phenoxy) is 1. The van der Waals surface area contributed by atoms with Crippen LogP contribution in [0.25, 0.3) is 0 Å². The van der Waals surface area contributed by atoms with E-state index in [4.69, 9.17) is 17.0 Å². The average molecular weight is 539 g/mol. The van der Waals surface area contributed by atoms with Gasteiger partial charge in [0, 0.05) is 48.4 Å². The molecule has 0 atom stereocenters. The fourth-order valence-corrected chi connectivity index (χ4v) is 4.46. The highest BCUT2D eigenvalue weighted by atomic mass is 79.9. The Morgan fingerprint density at radius 1 is 1.00 bits per heavy atom. The van der Waals surface area contributed by atoms with Crippen molar-refractivity contribution in [3.8, 4) is 5.75 Å². The van der Waals surface area contributed by atoms with Crippen LogP contribution in [-0.4, -0.2) is 53.5 Å². The van der Waals surface area contributed by atoms with E-state index in [0.717, 1.165) is 59.0 Å². The molecule has 176 valence electrons. The first-order valence-electron chi connectivity index (χ1n) is 11.3. The lowest BCUT2D eigenvalue weighted by Gasteiger charge is -2.36. The number of hydrogen-bond acceptors (Lipinski definition) is 4. The molecule has 1 saturated heterocycles. The smallest absolute Gasteiger partial charge is 0.262 e. The van der Waals surface area contributed by atoms with Crippen molar-refractivity contribution in [3.63, 3.8) is 0 Å². The lowest BCUT2D eigenvalue weighted by Crippen LogP contribution is -2.47. The Morgan fingerprint density at radius 3 is 2.38 bits per heavy atom. The summed E-state index contributed by atoms with van der Waals surface area (Å²) in [4.78, 5) is 17.8. The van der Waals surface area contributed by atoms with E-state index in [1.807, 2.05) is 49.4 Å². The zero-order valence-electron chi connectivity index (χ0n) is 19.2. The summed E-state index contributed by atoms with van der Waals surface area (Å²) in [7, 11) is 0. The van der Waals surface area contributed by atoms with Gasteiger partial charge in [-0.1, -0.05) is 58.5 Å². The highest BCUT2D eigenvalue weighted by molar-refractivity contribution is 9.10. The summed E-state index contributed by atoms with van der Waals surface area (Å²) in [6.07, 6.45) is 0. The fraction of sp³-hybridized carbons (Fsp3) is 0.259. The van der Waals surface area contributed by atoms with Crippen molar-refractivity contribution in [2.75, 3.05) is 38.1 Å². The highest BCUT2D eigenvalue weighted by Crippen LogP contribution is 2.20. The van der Waals surface area contributed by atoms with Crippen molar-refractivity contribution >= 4 is 44.7 Å². The zero-order valence-corrected chi connectivity index (χ0v) is 21.6. The number of hydrogen-bond donors (Lipinski definition) is 1. The molecule has 4 rings (SSSR count). The Morgan fingerprint density at radius 2 is 1.71 bits per heavy atom. The molecule has 1 amide bonds. The number of aryl methyl sites for hydroxylation is 1. The third kappa shape index (κ3) is 6.65. The molecule has 0 spiro atoms. The number of nitrogens with one attached hydrogen (secondary N) is 1. The maximum atomic E-state index is 12.2. The number of benzene rings is 3. The van der Waals surface area contributed by atoms with Gasteiger partial charge >= 0.3 is 0 Å². The lowest BCUT2D eigenvalue weighted by molar-refractivity contribution is -0.118. The van der Waals surface area contributed by atoms with Crippen LogP contribution >= 0.6 is 28.1 Å². The molecule has 0 unspecified atom stereocenters. The van der Waals surface area contributed by atoms with Crippen molar-refractivity contribution in [1.29, 1.82) is 0 Å². The van der Waals surface area contributed by atoms with Crippen LogP contribution in [-0.2, 0) is 11.3 Å². The van der Waals surface area contributed by atoms with E-state index in [9.17, 15) is 4.79 Å². The molecule has 0 aliphatic carbocycles. The zero-order chi connectivity index (χ0) is 23.9. The minimum absolute atomic E-state index is 0.0533. The number of piperazine rings is 1. The van der Waals surface area contributed by atoms with Crippen LogP contribution in [0.5, 0.6) is 5.75 Å². The number of amides is 1. The Kier molecular flexibility index (Phi) is 8.32. The molecular weight excluding hydrogens is 510 g/mol. The van der Waals surface area contributed by atoms with Crippen molar-refractivity contribution in [2.24, 2.45) is 0 Å². The maximum Gasteiger partial charge on any atom is 0.262 e. The second kappa shape index (κ2) is 11.6. The normalized spacial score (nSPS) is 14.0. The van der Waals surface area contributed by atoms with Crippen molar-refractivity contribution in [1.82, 2.24) is 9.80 Å². The number of carbonyl (C=O) groups is 1. The van der Waals surface area contributed by atoms with Gasteiger partial charge in [0.05, 0.1) is 0 Å². The quantitative estimate of drug-likeness (QED) is 0.416. The van der Waals surface area contributed by atoms with Crippen LogP contribution in [0.15, 0.2) is 77.3 Å². The van der Waals surface area contributed by atoms with Gasteiger partial charge in [-0.25, -0.2) is 0 Å². The topological polar surface area (TPSA) is 44.8 Å². The van der Waals surface area contributed by atoms with Gasteiger partial charge in [-0.2, -0.15) is 0 Å². The van der Waals surface area contributed by atoms with E-state index in [1.165, 1.54) is 5.56 Å². The van der Waals surface area contributed by atoms with Gasteiger partial charge in [0.1, 0.15) is 10.7 Å². The average Bonchev–Trinajstić information content (AvgIpc) is 2.86. The predicted molar refractivity (Wildman–Crippen MR) is 144 cm³/mol. The third-order valence-corrected chi connectivity index (χ3v) is 7.21. The molecule has 1 aliphatic rings. The number of thiocarbonyl (C=S) groups is 1. The van der Waals surface area contributed by atoms with Crippen molar-refractivity contribution in [3.05, 3.63) is 94.0 Å². The van der Waals surface area contributed by atoms with Gasteiger partial charge in [-0.3, -0.25) is 9.69 Å². The Balaban J connectivity index is 1.23. The van der Waals surface area contributed by atoms with E-state index >= 15 is 0 Å². The number of halogens is 1. The predicted octanol–water partition coefficient (Wildman–Crippen LogP) is 5.27. The Labute approximate surface area is 214 Å². The molecule has 5 nitrogen and oxygen atoms in total. The van der Waals surface area contributed by atoms with Crippen molar-refractivity contribution < 1.29 is 9.53 Å². The number of rotatable bonds is 7. The molecule has 1 fully saturated rings. The minimum Gasteiger partial charge on any atom is -0.484 e. The molecule has 0 aromatic heterocycles. The second-order valence-corrected chi connectivity index (χ2v) is 9.62. The molecule has 3 aromatic carbocycles. The standard InChI is InChI=1S/C27H28BrN3O2S/c1-20-17-23(9-12-25(20)28)29-26(32)19-33-24-10-7-22(8-11-24)27(34)31-15-13-30(14-16-31)18-21-5-3-2-4-6-21/h2-12,17H,13-16,18-19H2,1H3,(H,29,32). The van der Waals surface area contributed by atoms with Crippen LogP contribution in [0.1, 0.15) is 16.7 Å². The summed E-state index contributed by atoms with van der Waals surface area (Å²) in [6.45, 7) is 6.71. The summed E-state index contributed by atoms with van der Waals surface area (Å²) < 4.78 is 6.67. The second-order valence-electron chi connectivity index (χ2n) is 8.38. The molecule has 1 heterocycles. The van der Waals surface area contributed by atoms with Gasteiger partial charge in [-0.05, 0) is 60.5 Å². The molecule has 0 radical (unpaired) electrons. The van der Waals surface area contributed by atoms with Crippen LogP contribution in [0, 0.1) is 6.92 Å². The van der Waals surface area contributed by atoms with Crippen LogP contribution in [0.3, 0.4) is 0 Å². The van der Waals surface area contributed by atoms with E-state index in [0.29, 0.717) is 5.75 Å². The summed E-state index contributed by atoms with van der Waals surface area (Å²) in [6, 6.07) is 23.9. The lowest BCUT2D eigenvalue weighted by atomic mass is 10.1. The first-order valence-corrected chi connectivity index (χ1v) is 12.5. The van der Waals surface area contributed by atoms with Gasteiger partial charge < -0.3 is 15.0 Å². The monoisotopic (exact) mass is 537 g/mol. The summed E-state index contributed by atoms with van der Waals surface area (Å²) in [5.41, 5.74) is 4.14. The highest BCUT2D eigenvalue weighted by Gasteiger charge is 2.20. The number of anilines is 1. The molecule has 3 aromatic rings. The molecule has 1 N–H and O–H groups in total. The number of nitrogens with zero attached hydrogens (tertiary/aromatic N) is 2. The first-order chi connectivity index (χ1) is 16.5. The SMILES string of the molecule is Cc1cc(NC(=O)COc2ccc(C(=S)N3CCN(Cc4ccccc4)CC3)cc2)ccc1Br. The molecule has 1 aliphatic heterocycles. The Hall–Kier alpha value is -2.74. The maximum absolute atomic E-state index is 12.2. The first kappa shape index (κ1) is 24.4. The molecule has 34 heavy (non-hydrogen) atoms. The van der Waals surface area contributed by atoms with E-state index in [2.05, 4.69) is 61.4 Å². The van der Waals surface area contributed by atoms with Crippen molar-refractivity contribution in [2.45, 2.75) is 13.5 Å². The van der Waals surface area contributed by atoms with Gasteiger partial charge in [0.15, 0.2) is 6.61 Å². The van der Waals surface area contributed by atoms with E-state index < -0.39 is 0 Å². The van der Waals surface area contributed by atoms with Gasteiger partial charge in [0.2, 0.25) is 0 Å². The Bertz CT molecular complexity index is 1130. The van der Waals surface area contributed by atoms with Gasteiger partial charge in [0.25, 0.3) is 5.91 Å². The van der Waals surface area contributed by atoms with E-state index in [-0.39, 0.29) is 12.5 Å². The van der Waals surface area contributed by atoms with E-state index in [1.54, 1.807) is 0 Å². The minimum atomic E-state index is -0.199. The largest absolute Gasteiger partial charge is 0.484 e. The molecule has 7 heteroatoms. The van der Waals surface area contributed by atoms with Crippen LogP contribution < -0.4 is 10.1 Å². The molecular formula is C27H28BrN3O2S. The third-order valence-electron chi connectivity index (χ3n) is 5.82.